The second kappa shape index (κ2) is 7.94. The molecule has 1 amide bonds. The Labute approximate surface area is 148 Å². The fourth-order valence-corrected chi connectivity index (χ4v) is 2.90. The van der Waals surface area contributed by atoms with Crippen LogP contribution in [0.25, 0.3) is 10.9 Å². The van der Waals surface area contributed by atoms with E-state index in [4.69, 9.17) is 0 Å². The van der Waals surface area contributed by atoms with Crippen LogP contribution in [0.3, 0.4) is 0 Å². The number of hydrogen-bond donors (Lipinski definition) is 2. The van der Waals surface area contributed by atoms with Crippen molar-refractivity contribution < 1.29 is 4.79 Å². The van der Waals surface area contributed by atoms with Gasteiger partial charge in [-0.1, -0.05) is 50.2 Å². The number of benzene rings is 2. The van der Waals surface area contributed by atoms with E-state index < -0.39 is 0 Å². The Morgan fingerprint density at radius 3 is 2.52 bits per heavy atom. The monoisotopic (exact) mass is 336 g/mol. The summed E-state index contributed by atoms with van der Waals surface area (Å²) in [6, 6.07) is 14.0. The van der Waals surface area contributed by atoms with Crippen LogP contribution >= 0.6 is 0 Å². The molecule has 0 fully saturated rings. The van der Waals surface area contributed by atoms with Crippen molar-refractivity contribution in [3.05, 3.63) is 65.4 Å². The van der Waals surface area contributed by atoms with E-state index in [1.165, 1.54) is 5.56 Å². The summed E-state index contributed by atoms with van der Waals surface area (Å²) in [6.45, 7) is 7.92. The Morgan fingerprint density at radius 1 is 1.08 bits per heavy atom. The van der Waals surface area contributed by atoms with E-state index in [9.17, 15) is 4.79 Å². The van der Waals surface area contributed by atoms with Crippen LogP contribution in [0.1, 0.15) is 35.3 Å². The summed E-state index contributed by atoms with van der Waals surface area (Å²) < 4.78 is 0. The van der Waals surface area contributed by atoms with E-state index in [-0.39, 0.29) is 5.91 Å². The van der Waals surface area contributed by atoms with E-state index >= 15 is 0 Å². The Balaban J connectivity index is 1.61. The molecule has 0 radical (unpaired) electrons. The van der Waals surface area contributed by atoms with Gasteiger partial charge in [0.1, 0.15) is 0 Å². The molecular weight excluding hydrogens is 312 g/mol. The average molecular weight is 336 g/mol. The molecule has 5 heteroatoms. The quantitative estimate of drug-likeness (QED) is 0.696. The van der Waals surface area contributed by atoms with E-state index in [0.29, 0.717) is 12.1 Å². The number of nitrogens with zero attached hydrogens (tertiary/aromatic N) is 2. The molecule has 25 heavy (non-hydrogen) atoms. The minimum absolute atomic E-state index is 0.0953. The molecule has 3 aromatic rings. The van der Waals surface area contributed by atoms with Crippen molar-refractivity contribution in [2.45, 2.75) is 26.9 Å². The van der Waals surface area contributed by atoms with Crippen molar-refractivity contribution in [2.24, 2.45) is 0 Å². The SMILES string of the molecule is CCN(CC)Cc1ccc(CNC(=O)c2cccc3cn[nH]c23)cc1. The predicted molar refractivity (Wildman–Crippen MR) is 100 cm³/mol. The molecule has 3 rings (SSSR count). The maximum absolute atomic E-state index is 12.5. The molecule has 0 aliphatic carbocycles. The van der Waals surface area contributed by atoms with Crippen LogP contribution in [0.15, 0.2) is 48.7 Å². The Bertz CT molecular complexity index is 834. The van der Waals surface area contributed by atoms with Crippen molar-refractivity contribution in [3.8, 4) is 0 Å². The van der Waals surface area contributed by atoms with Crippen molar-refractivity contribution in [3.63, 3.8) is 0 Å². The molecular formula is C20H24N4O. The summed E-state index contributed by atoms with van der Waals surface area (Å²) in [5, 5.41) is 10.8. The first-order valence-electron chi connectivity index (χ1n) is 8.71. The Kier molecular flexibility index (Phi) is 5.46. The van der Waals surface area contributed by atoms with Crippen molar-refractivity contribution in [1.29, 1.82) is 0 Å². The van der Waals surface area contributed by atoms with E-state index in [2.05, 4.69) is 58.5 Å². The maximum atomic E-state index is 12.5. The van der Waals surface area contributed by atoms with Crippen LogP contribution in [0.2, 0.25) is 0 Å². The zero-order valence-corrected chi connectivity index (χ0v) is 14.7. The van der Waals surface area contributed by atoms with Crippen LogP contribution in [0, 0.1) is 0 Å². The number of rotatable bonds is 7. The smallest absolute Gasteiger partial charge is 0.253 e. The van der Waals surface area contributed by atoms with Crippen molar-refractivity contribution >= 4 is 16.8 Å². The zero-order valence-electron chi connectivity index (χ0n) is 14.7. The molecule has 5 nitrogen and oxygen atoms in total. The van der Waals surface area contributed by atoms with Crippen LogP contribution in [0.4, 0.5) is 0 Å². The molecule has 0 atom stereocenters. The molecule has 0 saturated carbocycles. The number of H-pyrrole nitrogens is 1. The van der Waals surface area contributed by atoms with Gasteiger partial charge in [-0.2, -0.15) is 5.10 Å². The van der Waals surface area contributed by atoms with Crippen LogP contribution in [-0.4, -0.2) is 34.1 Å². The highest BCUT2D eigenvalue weighted by molar-refractivity contribution is 6.05. The molecule has 0 aliphatic heterocycles. The number of hydrogen-bond acceptors (Lipinski definition) is 3. The number of para-hydroxylation sites is 1. The first kappa shape index (κ1) is 17.2. The van der Waals surface area contributed by atoms with Gasteiger partial charge in [0.15, 0.2) is 0 Å². The van der Waals surface area contributed by atoms with Gasteiger partial charge in [0.2, 0.25) is 0 Å². The number of aromatic amines is 1. The number of nitrogens with one attached hydrogen (secondary N) is 2. The number of carbonyl (C=O) groups is 1. The lowest BCUT2D eigenvalue weighted by atomic mass is 10.1. The highest BCUT2D eigenvalue weighted by Crippen LogP contribution is 2.15. The van der Waals surface area contributed by atoms with E-state index in [1.807, 2.05) is 18.2 Å². The van der Waals surface area contributed by atoms with Crippen LogP contribution in [0.5, 0.6) is 0 Å². The Morgan fingerprint density at radius 2 is 1.80 bits per heavy atom. The molecule has 2 N–H and O–H groups in total. The van der Waals surface area contributed by atoms with E-state index in [0.717, 1.165) is 36.1 Å². The van der Waals surface area contributed by atoms with Gasteiger partial charge in [-0.05, 0) is 30.3 Å². The van der Waals surface area contributed by atoms with Gasteiger partial charge < -0.3 is 5.32 Å². The summed E-state index contributed by atoms with van der Waals surface area (Å²) >= 11 is 0. The topological polar surface area (TPSA) is 61.0 Å². The summed E-state index contributed by atoms with van der Waals surface area (Å²) in [5.41, 5.74) is 3.78. The molecule has 0 spiro atoms. The van der Waals surface area contributed by atoms with Gasteiger partial charge >= 0.3 is 0 Å². The summed E-state index contributed by atoms with van der Waals surface area (Å²) in [4.78, 5) is 14.8. The van der Waals surface area contributed by atoms with Crippen LogP contribution in [-0.2, 0) is 13.1 Å². The minimum atomic E-state index is -0.0953. The standard InChI is InChI=1S/C20H24N4O/c1-3-24(4-2)14-16-10-8-15(9-11-16)12-21-20(25)18-7-5-6-17-13-22-23-19(17)18/h5-11,13H,3-4,12,14H2,1-2H3,(H,21,25)(H,22,23). The molecule has 2 aromatic carbocycles. The lowest BCUT2D eigenvalue weighted by Gasteiger charge is -2.18. The first-order chi connectivity index (χ1) is 12.2. The fourth-order valence-electron chi connectivity index (χ4n) is 2.90. The normalized spacial score (nSPS) is 11.2. The second-order valence-electron chi connectivity index (χ2n) is 6.10. The third kappa shape index (κ3) is 4.06. The summed E-state index contributed by atoms with van der Waals surface area (Å²) in [7, 11) is 0. The molecule has 0 unspecified atom stereocenters. The number of amides is 1. The number of fused-ring (bicyclic) bond motifs is 1. The van der Waals surface area contributed by atoms with Gasteiger partial charge in [-0.3, -0.25) is 14.8 Å². The molecule has 130 valence electrons. The van der Waals surface area contributed by atoms with Crippen LogP contribution < -0.4 is 5.32 Å². The fraction of sp³-hybridized carbons (Fsp3) is 0.300. The van der Waals surface area contributed by atoms with Gasteiger partial charge in [0.25, 0.3) is 5.91 Å². The predicted octanol–water partition coefficient (Wildman–Crippen LogP) is 3.33. The molecule has 1 aromatic heterocycles. The third-order valence-electron chi connectivity index (χ3n) is 4.50. The van der Waals surface area contributed by atoms with Crippen molar-refractivity contribution in [2.75, 3.05) is 13.1 Å². The minimum Gasteiger partial charge on any atom is -0.348 e. The Hall–Kier alpha value is -2.66. The lowest BCUT2D eigenvalue weighted by molar-refractivity contribution is 0.0952. The maximum Gasteiger partial charge on any atom is 0.253 e. The number of carbonyl (C=O) groups excluding carboxylic acids is 1. The summed E-state index contributed by atoms with van der Waals surface area (Å²) in [6.07, 6.45) is 1.72. The molecule has 0 bridgehead atoms. The highest BCUT2D eigenvalue weighted by atomic mass is 16.1. The second-order valence-corrected chi connectivity index (χ2v) is 6.10. The number of aromatic nitrogens is 2. The van der Waals surface area contributed by atoms with Gasteiger partial charge in [-0.25, -0.2) is 0 Å². The van der Waals surface area contributed by atoms with E-state index in [1.54, 1.807) is 6.20 Å². The van der Waals surface area contributed by atoms with Gasteiger partial charge in [0.05, 0.1) is 17.3 Å². The summed E-state index contributed by atoms with van der Waals surface area (Å²) in [5.74, 6) is -0.0953. The third-order valence-corrected chi connectivity index (χ3v) is 4.50. The largest absolute Gasteiger partial charge is 0.348 e. The molecule has 1 heterocycles. The zero-order chi connectivity index (χ0) is 17.6. The molecule has 0 aliphatic rings. The average Bonchev–Trinajstić information content (AvgIpc) is 3.14. The molecule has 0 saturated heterocycles. The lowest BCUT2D eigenvalue weighted by Crippen LogP contribution is -2.23. The highest BCUT2D eigenvalue weighted by Gasteiger charge is 2.11. The van der Waals surface area contributed by atoms with Crippen molar-refractivity contribution in [1.82, 2.24) is 20.4 Å². The first-order valence-corrected chi connectivity index (χ1v) is 8.71. The van der Waals surface area contributed by atoms with Gasteiger partial charge in [-0.15, -0.1) is 0 Å². The van der Waals surface area contributed by atoms with Gasteiger partial charge in [0, 0.05) is 18.5 Å².